The van der Waals surface area contributed by atoms with Crippen molar-refractivity contribution < 1.29 is 9.53 Å². The molecule has 1 aliphatic carbocycles. The molecule has 2 aliphatic rings. The van der Waals surface area contributed by atoms with Gasteiger partial charge in [0.15, 0.2) is 0 Å². The molecule has 1 heterocycles. The zero-order chi connectivity index (χ0) is 12.5. The minimum atomic E-state index is -0.160. The number of carbonyl (C=O) groups excluding carboxylic acids is 1. The van der Waals surface area contributed by atoms with Crippen LogP contribution < -0.4 is 11.1 Å². The van der Waals surface area contributed by atoms with E-state index in [0.29, 0.717) is 13.2 Å². The molecule has 98 valence electrons. The molecule has 0 aromatic rings. The van der Waals surface area contributed by atoms with Gasteiger partial charge >= 0.3 is 0 Å². The summed E-state index contributed by atoms with van der Waals surface area (Å²) in [5.41, 5.74) is 6.07. The number of carbonyl (C=O) groups is 1. The largest absolute Gasteiger partial charge is 0.379 e. The minimum Gasteiger partial charge on any atom is -0.379 e. The molecule has 2 fully saturated rings. The molecule has 0 aromatic carbocycles. The SMILES string of the molecule is CC1(C)CCCCC1NC(=O)C1COCC1N. The second kappa shape index (κ2) is 4.94. The Balaban J connectivity index is 1.93. The Morgan fingerprint density at radius 2 is 2.12 bits per heavy atom. The first kappa shape index (κ1) is 12.8. The molecule has 1 amide bonds. The molecule has 17 heavy (non-hydrogen) atoms. The summed E-state index contributed by atoms with van der Waals surface area (Å²) in [4.78, 5) is 12.1. The highest BCUT2D eigenvalue weighted by Gasteiger charge is 2.37. The summed E-state index contributed by atoms with van der Waals surface area (Å²) in [6.07, 6.45) is 4.75. The Morgan fingerprint density at radius 1 is 1.35 bits per heavy atom. The minimum absolute atomic E-state index is 0.0787. The number of hydrogen-bond acceptors (Lipinski definition) is 3. The van der Waals surface area contributed by atoms with Gasteiger partial charge < -0.3 is 15.8 Å². The summed E-state index contributed by atoms with van der Waals surface area (Å²) in [6, 6.07) is 0.151. The number of hydrogen-bond donors (Lipinski definition) is 2. The zero-order valence-corrected chi connectivity index (χ0v) is 10.9. The van der Waals surface area contributed by atoms with Crippen molar-refractivity contribution in [1.82, 2.24) is 5.32 Å². The van der Waals surface area contributed by atoms with E-state index in [0.717, 1.165) is 6.42 Å². The predicted octanol–water partition coefficient (Wildman–Crippen LogP) is 1.05. The number of amides is 1. The van der Waals surface area contributed by atoms with Gasteiger partial charge in [0.05, 0.1) is 19.1 Å². The Morgan fingerprint density at radius 3 is 2.71 bits per heavy atom. The third-order valence-corrected chi connectivity index (χ3v) is 4.29. The summed E-state index contributed by atoms with van der Waals surface area (Å²) < 4.78 is 5.25. The lowest BCUT2D eigenvalue weighted by Gasteiger charge is -2.39. The summed E-state index contributed by atoms with van der Waals surface area (Å²) in [6.45, 7) is 5.46. The summed E-state index contributed by atoms with van der Waals surface area (Å²) in [7, 11) is 0. The van der Waals surface area contributed by atoms with Crippen LogP contribution in [-0.4, -0.2) is 31.2 Å². The van der Waals surface area contributed by atoms with E-state index >= 15 is 0 Å². The first-order chi connectivity index (χ1) is 8.00. The second-order valence-electron chi connectivity index (χ2n) is 6.10. The van der Waals surface area contributed by atoms with Crippen LogP contribution in [-0.2, 0) is 9.53 Å². The molecule has 1 aliphatic heterocycles. The lowest BCUT2D eigenvalue weighted by molar-refractivity contribution is -0.127. The molecular weight excluding hydrogens is 216 g/mol. The van der Waals surface area contributed by atoms with Crippen molar-refractivity contribution in [3.05, 3.63) is 0 Å². The zero-order valence-electron chi connectivity index (χ0n) is 10.9. The van der Waals surface area contributed by atoms with E-state index in [1.165, 1.54) is 19.3 Å². The maximum atomic E-state index is 12.1. The number of rotatable bonds is 2. The fourth-order valence-electron chi connectivity index (χ4n) is 2.88. The van der Waals surface area contributed by atoms with Crippen LogP contribution in [0.5, 0.6) is 0 Å². The summed E-state index contributed by atoms with van der Waals surface area (Å²) in [5.74, 6) is -0.0808. The maximum Gasteiger partial charge on any atom is 0.227 e. The van der Waals surface area contributed by atoms with E-state index < -0.39 is 0 Å². The molecule has 1 saturated carbocycles. The van der Waals surface area contributed by atoms with Crippen LogP contribution in [0.3, 0.4) is 0 Å². The van der Waals surface area contributed by atoms with Gasteiger partial charge in [-0.2, -0.15) is 0 Å². The van der Waals surface area contributed by atoms with Crippen LogP contribution in [0.1, 0.15) is 39.5 Å². The molecule has 0 radical (unpaired) electrons. The number of nitrogens with two attached hydrogens (primary N) is 1. The van der Waals surface area contributed by atoms with E-state index in [4.69, 9.17) is 10.5 Å². The fourth-order valence-corrected chi connectivity index (χ4v) is 2.88. The van der Waals surface area contributed by atoms with Crippen molar-refractivity contribution in [2.24, 2.45) is 17.1 Å². The highest BCUT2D eigenvalue weighted by molar-refractivity contribution is 5.80. The molecular formula is C13H24N2O2. The van der Waals surface area contributed by atoms with Gasteiger partial charge in [0.25, 0.3) is 0 Å². The molecule has 2 rings (SSSR count). The number of ether oxygens (including phenoxy) is 1. The van der Waals surface area contributed by atoms with Crippen LogP contribution in [0.2, 0.25) is 0 Å². The molecule has 3 unspecified atom stereocenters. The van der Waals surface area contributed by atoms with Crippen molar-refractivity contribution in [1.29, 1.82) is 0 Å². The summed E-state index contributed by atoms with van der Waals surface area (Å²) >= 11 is 0. The van der Waals surface area contributed by atoms with Gasteiger partial charge in [-0.25, -0.2) is 0 Å². The van der Waals surface area contributed by atoms with E-state index in [1.807, 2.05) is 0 Å². The predicted molar refractivity (Wildman–Crippen MR) is 66.5 cm³/mol. The Labute approximate surface area is 103 Å². The average molecular weight is 240 g/mol. The third kappa shape index (κ3) is 2.80. The van der Waals surface area contributed by atoms with Gasteiger partial charge in [-0.15, -0.1) is 0 Å². The van der Waals surface area contributed by atoms with Crippen molar-refractivity contribution >= 4 is 5.91 Å². The molecule has 0 aromatic heterocycles. The van der Waals surface area contributed by atoms with Gasteiger partial charge in [0.1, 0.15) is 0 Å². The molecule has 0 spiro atoms. The van der Waals surface area contributed by atoms with Crippen LogP contribution in [0.15, 0.2) is 0 Å². The molecule has 0 bridgehead atoms. The third-order valence-electron chi connectivity index (χ3n) is 4.29. The first-order valence-corrected chi connectivity index (χ1v) is 6.64. The van der Waals surface area contributed by atoms with Crippen molar-refractivity contribution in [2.45, 2.75) is 51.6 Å². The molecule has 4 nitrogen and oxygen atoms in total. The highest BCUT2D eigenvalue weighted by Crippen LogP contribution is 2.35. The van der Waals surface area contributed by atoms with Crippen molar-refractivity contribution in [3.63, 3.8) is 0 Å². The van der Waals surface area contributed by atoms with Gasteiger partial charge in [0, 0.05) is 12.1 Å². The van der Waals surface area contributed by atoms with E-state index in [1.54, 1.807) is 0 Å². The average Bonchev–Trinajstić information content (AvgIpc) is 2.67. The monoisotopic (exact) mass is 240 g/mol. The van der Waals surface area contributed by atoms with Gasteiger partial charge in [-0.3, -0.25) is 4.79 Å². The Hall–Kier alpha value is -0.610. The first-order valence-electron chi connectivity index (χ1n) is 6.64. The molecule has 3 atom stereocenters. The lowest BCUT2D eigenvalue weighted by Crippen LogP contribution is -2.51. The topological polar surface area (TPSA) is 64.3 Å². The fraction of sp³-hybridized carbons (Fsp3) is 0.923. The standard InChI is InChI=1S/C13H24N2O2/c1-13(2)6-4-3-5-11(13)15-12(16)9-7-17-8-10(9)14/h9-11H,3-8,14H2,1-2H3,(H,15,16). The van der Waals surface area contributed by atoms with Crippen molar-refractivity contribution in [3.8, 4) is 0 Å². The van der Waals surface area contributed by atoms with Crippen LogP contribution in [0, 0.1) is 11.3 Å². The Bertz CT molecular complexity index is 291. The van der Waals surface area contributed by atoms with Crippen LogP contribution in [0.25, 0.3) is 0 Å². The van der Waals surface area contributed by atoms with Gasteiger partial charge in [-0.1, -0.05) is 26.7 Å². The smallest absolute Gasteiger partial charge is 0.227 e. The van der Waals surface area contributed by atoms with Crippen LogP contribution >= 0.6 is 0 Å². The number of nitrogens with one attached hydrogen (secondary N) is 1. The van der Waals surface area contributed by atoms with Gasteiger partial charge in [0.2, 0.25) is 5.91 Å². The maximum absolute atomic E-state index is 12.1. The van der Waals surface area contributed by atoms with E-state index in [2.05, 4.69) is 19.2 Å². The quantitative estimate of drug-likeness (QED) is 0.758. The van der Waals surface area contributed by atoms with E-state index in [9.17, 15) is 4.79 Å². The van der Waals surface area contributed by atoms with Gasteiger partial charge in [-0.05, 0) is 18.3 Å². The normalized spacial score (nSPS) is 36.8. The Kier molecular flexibility index (Phi) is 3.73. The molecule has 3 N–H and O–H groups in total. The summed E-state index contributed by atoms with van der Waals surface area (Å²) in [5, 5.41) is 3.18. The van der Waals surface area contributed by atoms with E-state index in [-0.39, 0.29) is 29.3 Å². The lowest BCUT2D eigenvalue weighted by atomic mass is 9.73. The highest BCUT2D eigenvalue weighted by atomic mass is 16.5. The van der Waals surface area contributed by atoms with Crippen LogP contribution in [0.4, 0.5) is 0 Å². The molecule has 1 saturated heterocycles. The molecule has 4 heteroatoms. The van der Waals surface area contributed by atoms with Crippen molar-refractivity contribution in [2.75, 3.05) is 13.2 Å². The second-order valence-corrected chi connectivity index (χ2v) is 6.10.